The lowest BCUT2D eigenvalue weighted by atomic mass is 10.0. The van der Waals surface area contributed by atoms with Crippen LogP contribution in [0.2, 0.25) is 0 Å². The minimum absolute atomic E-state index is 0.125. The van der Waals surface area contributed by atoms with Crippen molar-refractivity contribution in [2.24, 2.45) is 0 Å². The van der Waals surface area contributed by atoms with Crippen LogP contribution in [0.5, 0.6) is 0 Å². The van der Waals surface area contributed by atoms with E-state index in [0.29, 0.717) is 0 Å². The first-order chi connectivity index (χ1) is 13.5. The fourth-order valence-corrected chi connectivity index (χ4v) is 2.61. The van der Waals surface area contributed by atoms with E-state index in [1.165, 1.54) is 31.2 Å². The largest absolute Gasteiger partial charge is 0.435 e. The number of nitro groups is 1. The summed E-state index contributed by atoms with van der Waals surface area (Å²) in [6, 6.07) is 4.70. The van der Waals surface area contributed by atoms with Crippen molar-refractivity contribution in [2.75, 3.05) is 6.61 Å². The van der Waals surface area contributed by atoms with Crippen molar-refractivity contribution in [3.63, 3.8) is 0 Å². The van der Waals surface area contributed by atoms with Crippen LogP contribution in [0.1, 0.15) is 29.5 Å². The molecular formula is C17H19F3N4O5. The van der Waals surface area contributed by atoms with E-state index in [1.807, 2.05) is 0 Å². The van der Waals surface area contributed by atoms with E-state index in [9.17, 15) is 38.3 Å². The molecule has 0 spiro atoms. The van der Waals surface area contributed by atoms with Gasteiger partial charge < -0.3 is 15.5 Å². The zero-order valence-corrected chi connectivity index (χ0v) is 15.3. The van der Waals surface area contributed by atoms with Crippen LogP contribution < -0.4 is 5.32 Å². The van der Waals surface area contributed by atoms with E-state index in [4.69, 9.17) is 0 Å². The zero-order valence-electron chi connectivity index (χ0n) is 15.3. The Balaban J connectivity index is 1.97. The number of amides is 1. The summed E-state index contributed by atoms with van der Waals surface area (Å²) in [4.78, 5) is 22.1. The van der Waals surface area contributed by atoms with Crippen LogP contribution in [0, 0.1) is 17.0 Å². The van der Waals surface area contributed by atoms with Gasteiger partial charge in [0.25, 0.3) is 5.69 Å². The van der Waals surface area contributed by atoms with Crippen molar-refractivity contribution in [1.29, 1.82) is 0 Å². The predicted molar refractivity (Wildman–Crippen MR) is 93.7 cm³/mol. The Bertz CT molecular complexity index is 867. The summed E-state index contributed by atoms with van der Waals surface area (Å²) in [5.74, 6) is -0.617. The summed E-state index contributed by atoms with van der Waals surface area (Å²) < 4.78 is 39.1. The third kappa shape index (κ3) is 5.74. The Hall–Kier alpha value is -2.99. The number of rotatable bonds is 8. The minimum atomic E-state index is -4.59. The third-order valence-corrected chi connectivity index (χ3v) is 4.19. The number of aromatic nitrogens is 2. The Morgan fingerprint density at radius 2 is 1.97 bits per heavy atom. The molecule has 0 aliphatic rings. The number of nitrogens with one attached hydrogen (secondary N) is 1. The Morgan fingerprint density at radius 3 is 2.45 bits per heavy atom. The third-order valence-electron chi connectivity index (χ3n) is 4.19. The molecule has 3 N–H and O–H groups in total. The van der Waals surface area contributed by atoms with Gasteiger partial charge in [-0.1, -0.05) is 0 Å². The molecule has 0 saturated heterocycles. The standard InChI is InChI=1S/C17H19F3N4O5/c1-10-8-14(17(18,19)20)22-23(10)7-6-15(26)21-13(9-25)16(27)11-2-4-12(5-3-11)24(28)29/h2-5,8,13,16,25,27H,6-7,9H2,1H3,(H,21,26). The fourth-order valence-electron chi connectivity index (χ4n) is 2.61. The number of nitrogens with zero attached hydrogens (tertiary/aromatic N) is 3. The topological polar surface area (TPSA) is 131 Å². The number of non-ortho nitro benzene ring substituents is 1. The van der Waals surface area contributed by atoms with Crippen molar-refractivity contribution in [3.05, 3.63) is 57.4 Å². The Kier molecular flexibility index (Phi) is 6.93. The second kappa shape index (κ2) is 9.01. The lowest BCUT2D eigenvalue weighted by Gasteiger charge is -2.22. The monoisotopic (exact) mass is 416 g/mol. The van der Waals surface area contributed by atoms with Crippen molar-refractivity contribution in [2.45, 2.75) is 38.2 Å². The van der Waals surface area contributed by atoms with Gasteiger partial charge in [0.05, 0.1) is 17.6 Å². The number of hydrogen-bond donors (Lipinski definition) is 3. The number of alkyl halides is 3. The maximum atomic E-state index is 12.7. The van der Waals surface area contributed by atoms with Crippen LogP contribution in [0.25, 0.3) is 0 Å². The van der Waals surface area contributed by atoms with E-state index in [-0.39, 0.29) is 29.9 Å². The highest BCUT2D eigenvalue weighted by atomic mass is 19.4. The molecule has 0 fully saturated rings. The lowest BCUT2D eigenvalue weighted by molar-refractivity contribution is -0.384. The minimum Gasteiger partial charge on any atom is -0.394 e. The number of aliphatic hydroxyl groups is 2. The lowest BCUT2D eigenvalue weighted by Crippen LogP contribution is -2.42. The van der Waals surface area contributed by atoms with Crippen LogP contribution in [0.4, 0.5) is 18.9 Å². The number of halogens is 3. The normalized spacial score (nSPS) is 13.7. The van der Waals surface area contributed by atoms with E-state index >= 15 is 0 Å². The van der Waals surface area contributed by atoms with Gasteiger partial charge >= 0.3 is 6.18 Å². The van der Waals surface area contributed by atoms with E-state index < -0.39 is 41.5 Å². The molecule has 0 saturated carbocycles. The number of carbonyl (C=O) groups excluding carboxylic acids is 1. The van der Waals surface area contributed by atoms with Gasteiger partial charge in [0, 0.05) is 30.8 Å². The van der Waals surface area contributed by atoms with Crippen LogP contribution in [-0.4, -0.2) is 43.5 Å². The molecule has 12 heteroatoms. The molecular weight excluding hydrogens is 397 g/mol. The fraction of sp³-hybridized carbons (Fsp3) is 0.412. The highest BCUT2D eigenvalue weighted by Gasteiger charge is 2.34. The van der Waals surface area contributed by atoms with Gasteiger partial charge in [0.2, 0.25) is 5.91 Å². The molecule has 158 valence electrons. The van der Waals surface area contributed by atoms with Gasteiger partial charge in [-0.25, -0.2) is 0 Å². The molecule has 2 unspecified atom stereocenters. The summed E-state index contributed by atoms with van der Waals surface area (Å²) in [6.45, 7) is 0.678. The molecule has 2 rings (SSSR count). The van der Waals surface area contributed by atoms with Crippen molar-refractivity contribution in [1.82, 2.24) is 15.1 Å². The number of aryl methyl sites for hydroxylation is 2. The SMILES string of the molecule is Cc1cc(C(F)(F)F)nn1CCC(=O)NC(CO)C(O)c1ccc([N+](=O)[O-])cc1. The summed E-state index contributed by atoms with van der Waals surface area (Å²) in [5.41, 5.74) is -0.766. The summed E-state index contributed by atoms with van der Waals surface area (Å²) in [6.07, 6.45) is -6.16. The second-order valence-corrected chi connectivity index (χ2v) is 6.29. The second-order valence-electron chi connectivity index (χ2n) is 6.29. The van der Waals surface area contributed by atoms with Crippen LogP contribution in [-0.2, 0) is 17.5 Å². The molecule has 2 aromatic rings. The first kappa shape index (κ1) is 22.3. The Morgan fingerprint density at radius 1 is 1.34 bits per heavy atom. The molecule has 0 radical (unpaired) electrons. The number of nitro benzene ring substituents is 1. The highest BCUT2D eigenvalue weighted by molar-refractivity contribution is 5.76. The quantitative estimate of drug-likeness (QED) is 0.444. The summed E-state index contributed by atoms with van der Waals surface area (Å²) in [5, 5.41) is 36.2. The van der Waals surface area contributed by atoms with Crippen LogP contribution >= 0.6 is 0 Å². The van der Waals surface area contributed by atoms with E-state index in [1.54, 1.807) is 0 Å². The number of hydrogen-bond acceptors (Lipinski definition) is 6. The van der Waals surface area contributed by atoms with Crippen molar-refractivity contribution in [3.8, 4) is 0 Å². The molecule has 0 aliphatic carbocycles. The first-order valence-electron chi connectivity index (χ1n) is 8.47. The smallest absolute Gasteiger partial charge is 0.394 e. The highest BCUT2D eigenvalue weighted by Crippen LogP contribution is 2.28. The molecule has 0 aliphatic heterocycles. The molecule has 1 heterocycles. The van der Waals surface area contributed by atoms with Gasteiger partial charge in [-0.3, -0.25) is 19.6 Å². The number of benzene rings is 1. The zero-order chi connectivity index (χ0) is 21.8. The van der Waals surface area contributed by atoms with Crippen LogP contribution in [0.15, 0.2) is 30.3 Å². The molecule has 2 atom stereocenters. The van der Waals surface area contributed by atoms with E-state index in [0.717, 1.165) is 10.7 Å². The van der Waals surface area contributed by atoms with Crippen LogP contribution in [0.3, 0.4) is 0 Å². The number of carbonyl (C=O) groups is 1. The molecule has 9 nitrogen and oxygen atoms in total. The molecule has 29 heavy (non-hydrogen) atoms. The summed E-state index contributed by atoms with van der Waals surface area (Å²) >= 11 is 0. The first-order valence-corrected chi connectivity index (χ1v) is 8.47. The maximum absolute atomic E-state index is 12.7. The maximum Gasteiger partial charge on any atom is 0.435 e. The van der Waals surface area contributed by atoms with Gasteiger partial charge in [-0.2, -0.15) is 18.3 Å². The molecule has 1 aromatic heterocycles. The molecule has 0 bridgehead atoms. The van der Waals surface area contributed by atoms with Crippen molar-refractivity contribution < 1.29 is 33.1 Å². The average molecular weight is 416 g/mol. The Labute approximate surface area is 162 Å². The predicted octanol–water partition coefficient (Wildman–Crippen LogP) is 1.72. The van der Waals surface area contributed by atoms with Gasteiger partial charge in [-0.05, 0) is 30.7 Å². The average Bonchev–Trinajstić information content (AvgIpc) is 3.05. The van der Waals surface area contributed by atoms with Crippen molar-refractivity contribution >= 4 is 11.6 Å². The van der Waals surface area contributed by atoms with Gasteiger partial charge in [-0.15, -0.1) is 0 Å². The van der Waals surface area contributed by atoms with Gasteiger partial charge in [0.1, 0.15) is 6.10 Å². The number of aliphatic hydroxyl groups excluding tert-OH is 2. The summed E-state index contributed by atoms with van der Waals surface area (Å²) in [7, 11) is 0. The molecule has 1 aromatic carbocycles. The van der Waals surface area contributed by atoms with E-state index in [2.05, 4.69) is 10.4 Å². The molecule has 1 amide bonds. The van der Waals surface area contributed by atoms with Gasteiger partial charge in [0.15, 0.2) is 5.69 Å².